The molecule has 0 atom stereocenters. The summed E-state index contributed by atoms with van der Waals surface area (Å²) in [5, 5.41) is 9.91. The van der Waals surface area contributed by atoms with Gasteiger partial charge in [-0.15, -0.1) is 0 Å². The van der Waals surface area contributed by atoms with Gasteiger partial charge in [-0.2, -0.15) is 0 Å². The van der Waals surface area contributed by atoms with E-state index >= 15 is 0 Å². The van der Waals surface area contributed by atoms with Gasteiger partial charge in [0.15, 0.2) is 5.75 Å². The van der Waals surface area contributed by atoms with Crippen LogP contribution in [0.5, 0.6) is 23.0 Å². The molecule has 0 bridgehead atoms. The average molecular weight is 495 g/mol. The van der Waals surface area contributed by atoms with Gasteiger partial charge in [-0.25, -0.2) is 9.79 Å². The van der Waals surface area contributed by atoms with E-state index in [0.717, 1.165) is 5.56 Å². The molecular weight excluding hydrogens is 475 g/mol. The van der Waals surface area contributed by atoms with Gasteiger partial charge in [0.2, 0.25) is 6.35 Å². The van der Waals surface area contributed by atoms with E-state index in [-0.39, 0.29) is 18.0 Å². The third-order valence-corrected chi connectivity index (χ3v) is 5.08. The third-order valence-electron chi connectivity index (χ3n) is 3.29. The second-order valence-electron chi connectivity index (χ2n) is 6.06. The number of halogens is 2. The molecule has 5 nitrogen and oxygen atoms in total. The molecule has 0 unspecified atom stereocenters. The monoisotopic (exact) mass is 493 g/mol. The normalized spacial score (nSPS) is 11.7. The minimum atomic E-state index is -3.01. The molecule has 0 saturated carbocycles. The van der Waals surface area contributed by atoms with Crippen LogP contribution in [0.3, 0.4) is 0 Å². The van der Waals surface area contributed by atoms with Gasteiger partial charge in [0.25, 0.3) is 0 Å². The van der Waals surface area contributed by atoms with Crippen LogP contribution in [0.4, 0.5) is 0 Å². The molecule has 0 spiro atoms. The first-order valence-electron chi connectivity index (χ1n) is 7.50. The maximum Gasteiger partial charge on any atom is 0.302 e. The van der Waals surface area contributed by atoms with Crippen molar-refractivity contribution >= 4 is 39.6 Å². The van der Waals surface area contributed by atoms with Gasteiger partial charge < -0.3 is 14.6 Å². The van der Waals surface area contributed by atoms with Gasteiger partial charge in [0.05, 0.1) is 8.95 Å². The van der Waals surface area contributed by atoms with Crippen LogP contribution in [-0.4, -0.2) is 27.9 Å². The van der Waals surface area contributed by atoms with Crippen LogP contribution in [0.15, 0.2) is 39.3 Å². The Morgan fingerprint density at radius 2 is 1.64 bits per heavy atom. The van der Waals surface area contributed by atoms with Crippen molar-refractivity contribution in [3.8, 4) is 23.0 Å². The molecule has 0 radical (unpaired) electrons. The van der Waals surface area contributed by atoms with Crippen LogP contribution < -0.4 is 9.47 Å². The summed E-state index contributed by atoms with van der Waals surface area (Å²) >= 11 is 6.88. The Morgan fingerprint density at radius 1 is 1.04 bits per heavy atom. The molecule has 3 N–H and O–H groups in total. The minimum Gasteiger partial charge on any atom is -0.508 e. The fourth-order valence-electron chi connectivity index (χ4n) is 2.09. The largest absolute Gasteiger partial charge is 0.508 e. The van der Waals surface area contributed by atoms with Gasteiger partial charge in [-0.1, -0.05) is 13.8 Å². The Morgan fingerprint density at radius 3 is 2.16 bits per heavy atom. The number of phenolic OH excluding ortho intramolecular Hbond substituents is 1. The van der Waals surface area contributed by atoms with Crippen molar-refractivity contribution in [2.75, 3.05) is 13.0 Å². The molecule has 2 rings (SSSR count). The number of benzene rings is 2. The molecular formula is C17H20Br2O5P+. The van der Waals surface area contributed by atoms with E-state index in [0.29, 0.717) is 26.2 Å². The van der Waals surface area contributed by atoms with Crippen molar-refractivity contribution in [2.45, 2.75) is 19.8 Å². The van der Waals surface area contributed by atoms with Crippen molar-refractivity contribution in [3.63, 3.8) is 0 Å². The number of aromatic hydroxyl groups is 1. The van der Waals surface area contributed by atoms with E-state index in [1.165, 1.54) is 6.66 Å². The lowest BCUT2D eigenvalue weighted by Gasteiger charge is -2.15. The highest BCUT2D eigenvalue weighted by atomic mass is 79.9. The zero-order valence-corrected chi connectivity index (χ0v) is 18.1. The van der Waals surface area contributed by atoms with Gasteiger partial charge in [-0.05, 0) is 68.1 Å². The first-order chi connectivity index (χ1) is 11.6. The molecule has 0 saturated heterocycles. The third kappa shape index (κ3) is 5.83. The Kier molecular flexibility index (Phi) is 6.74. The quantitative estimate of drug-likeness (QED) is 0.453. The van der Waals surface area contributed by atoms with Crippen LogP contribution in [0.1, 0.15) is 25.3 Å². The first-order valence-corrected chi connectivity index (χ1v) is 11.4. The Hall–Kier alpha value is -0.850. The van der Waals surface area contributed by atoms with E-state index in [1.54, 1.807) is 30.3 Å². The van der Waals surface area contributed by atoms with E-state index in [4.69, 9.17) is 9.47 Å². The fourth-order valence-corrected chi connectivity index (χ4v) is 3.79. The second kappa shape index (κ2) is 8.23. The molecule has 0 heterocycles. The molecule has 25 heavy (non-hydrogen) atoms. The van der Waals surface area contributed by atoms with E-state index < -0.39 is 7.72 Å². The highest BCUT2D eigenvalue weighted by Crippen LogP contribution is 2.46. The van der Waals surface area contributed by atoms with Crippen molar-refractivity contribution in [1.82, 2.24) is 0 Å². The lowest BCUT2D eigenvalue weighted by molar-refractivity contribution is 0.335. The number of hydrogen-bond donors (Lipinski definition) is 3. The summed E-state index contributed by atoms with van der Waals surface area (Å²) in [6, 6.07) is 8.49. The molecule has 8 heteroatoms. The lowest BCUT2D eigenvalue weighted by Crippen LogP contribution is -2.03. The van der Waals surface area contributed by atoms with E-state index in [2.05, 4.69) is 31.9 Å². The summed E-state index contributed by atoms with van der Waals surface area (Å²) in [6.45, 7) is 5.34. The molecule has 2 aromatic carbocycles. The predicted octanol–water partition coefficient (Wildman–Crippen LogP) is 5.63. The second-order valence-corrected chi connectivity index (χ2v) is 10.2. The lowest BCUT2D eigenvalue weighted by atomic mass is 10.0. The number of ether oxygens (including phenoxy) is 2. The number of rotatable bonds is 6. The summed E-state index contributed by atoms with van der Waals surface area (Å²) in [4.78, 5) is 18.9. The van der Waals surface area contributed by atoms with Crippen molar-refractivity contribution in [2.24, 2.45) is 0 Å². The van der Waals surface area contributed by atoms with Gasteiger partial charge >= 0.3 is 7.72 Å². The Balaban J connectivity index is 2.24. The molecule has 0 amide bonds. The van der Waals surface area contributed by atoms with Crippen molar-refractivity contribution in [3.05, 3.63) is 44.8 Å². The average Bonchev–Trinajstić information content (AvgIpc) is 2.49. The molecule has 0 aliphatic carbocycles. The van der Waals surface area contributed by atoms with Gasteiger partial charge in [0.1, 0.15) is 23.9 Å². The van der Waals surface area contributed by atoms with Gasteiger partial charge in [0, 0.05) is 5.56 Å². The SMILES string of the molecule is CC(C)c1cc(Oc2c(Br)cc(OC[P+](C)(O)O)cc2Br)ccc1O. The van der Waals surface area contributed by atoms with Crippen LogP contribution in [0, 0.1) is 0 Å². The van der Waals surface area contributed by atoms with E-state index in [1.807, 2.05) is 13.8 Å². The van der Waals surface area contributed by atoms with Crippen molar-refractivity contribution in [1.29, 1.82) is 0 Å². The summed E-state index contributed by atoms with van der Waals surface area (Å²) in [7, 11) is -3.01. The minimum absolute atomic E-state index is 0.151. The van der Waals surface area contributed by atoms with Crippen molar-refractivity contribution < 1.29 is 24.4 Å². The maximum absolute atomic E-state index is 9.91. The summed E-state index contributed by atoms with van der Waals surface area (Å²) in [5.74, 6) is 2.04. The summed E-state index contributed by atoms with van der Waals surface area (Å²) in [5.41, 5.74) is 0.804. The zero-order chi connectivity index (χ0) is 18.8. The molecule has 0 aliphatic rings. The molecule has 0 aromatic heterocycles. The van der Waals surface area contributed by atoms with E-state index in [9.17, 15) is 14.9 Å². The standard InChI is InChI=1S/C17H19Br2O5P/c1-10(2)13-6-11(4-5-16(13)20)24-17-14(18)7-12(8-15(17)19)23-9-25(3,21)22/h4-8,10,21-22H,9H2,1-3H3/p+1. The predicted molar refractivity (Wildman–Crippen MR) is 107 cm³/mol. The summed E-state index contributed by atoms with van der Waals surface area (Å²) < 4.78 is 12.6. The fraction of sp³-hybridized carbons (Fsp3) is 0.294. The molecule has 2 aromatic rings. The van der Waals surface area contributed by atoms with Gasteiger partial charge in [-0.3, -0.25) is 0 Å². The number of hydrogen-bond acceptors (Lipinski definition) is 5. The Bertz CT molecular complexity index is 736. The van der Waals surface area contributed by atoms with Crippen LogP contribution in [0.25, 0.3) is 0 Å². The van der Waals surface area contributed by atoms with Crippen LogP contribution in [0.2, 0.25) is 0 Å². The summed E-state index contributed by atoms with van der Waals surface area (Å²) in [6.07, 6.45) is -0.151. The smallest absolute Gasteiger partial charge is 0.302 e. The molecule has 0 aliphatic heterocycles. The van der Waals surface area contributed by atoms with Crippen LogP contribution in [-0.2, 0) is 0 Å². The topological polar surface area (TPSA) is 79.2 Å². The number of phenols is 1. The maximum atomic E-state index is 9.91. The molecule has 0 fully saturated rings. The zero-order valence-electron chi connectivity index (χ0n) is 14.0. The van der Waals surface area contributed by atoms with Crippen LogP contribution >= 0.6 is 39.6 Å². The Labute approximate surface area is 164 Å². The highest BCUT2D eigenvalue weighted by molar-refractivity contribution is 9.11. The first kappa shape index (κ1) is 20.5. The molecule has 136 valence electrons. The highest BCUT2D eigenvalue weighted by Gasteiger charge is 2.26.